The predicted molar refractivity (Wildman–Crippen MR) is 104 cm³/mol. The first-order valence-corrected chi connectivity index (χ1v) is 9.76. The van der Waals surface area contributed by atoms with Gasteiger partial charge in [-0.15, -0.1) is 11.3 Å². The molecule has 1 N–H and O–H groups in total. The third-order valence-electron chi connectivity index (χ3n) is 3.99. The van der Waals surface area contributed by atoms with Gasteiger partial charge in [0.15, 0.2) is 0 Å². The summed E-state index contributed by atoms with van der Waals surface area (Å²) < 4.78 is 5.35. The highest BCUT2D eigenvalue weighted by molar-refractivity contribution is 7.17. The van der Waals surface area contributed by atoms with Crippen LogP contribution in [0.25, 0.3) is 10.4 Å². The van der Waals surface area contributed by atoms with Crippen molar-refractivity contribution in [3.8, 4) is 10.4 Å². The average molecular weight is 399 g/mol. The number of nitrogens with zero attached hydrogens (tertiary/aromatic N) is 1. The van der Waals surface area contributed by atoms with Gasteiger partial charge in [0.25, 0.3) is 5.91 Å². The van der Waals surface area contributed by atoms with E-state index < -0.39 is 0 Å². The van der Waals surface area contributed by atoms with Crippen LogP contribution in [0.4, 0.5) is 0 Å². The van der Waals surface area contributed by atoms with Crippen LogP contribution in [0.5, 0.6) is 0 Å². The van der Waals surface area contributed by atoms with Crippen molar-refractivity contribution < 1.29 is 9.53 Å². The Morgan fingerprint density at radius 1 is 1.24 bits per heavy atom. The molecule has 3 rings (SSSR count). The molecule has 1 amide bonds. The summed E-state index contributed by atoms with van der Waals surface area (Å²) >= 11 is 13.6. The molecule has 1 aromatic carbocycles. The van der Waals surface area contributed by atoms with Crippen LogP contribution in [0.15, 0.2) is 30.3 Å². The molecule has 1 aromatic heterocycles. The maximum absolute atomic E-state index is 12.5. The summed E-state index contributed by atoms with van der Waals surface area (Å²) in [4.78, 5) is 16.4. The summed E-state index contributed by atoms with van der Waals surface area (Å²) in [5.74, 6) is -0.0508. The number of rotatable bonds is 5. The molecule has 0 aliphatic carbocycles. The smallest absolute Gasteiger partial charge is 0.261 e. The van der Waals surface area contributed by atoms with Gasteiger partial charge in [0.05, 0.1) is 18.1 Å². The van der Waals surface area contributed by atoms with Crippen molar-refractivity contribution in [2.75, 3.05) is 32.8 Å². The predicted octanol–water partition coefficient (Wildman–Crippen LogP) is 4.17. The summed E-state index contributed by atoms with van der Waals surface area (Å²) in [6, 6.07) is 9.24. The van der Waals surface area contributed by atoms with E-state index in [-0.39, 0.29) is 11.9 Å². The molecule has 1 atom stereocenters. The van der Waals surface area contributed by atoms with Gasteiger partial charge in [0.1, 0.15) is 0 Å². The summed E-state index contributed by atoms with van der Waals surface area (Å²) in [6.45, 7) is 6.21. The second-order valence-electron chi connectivity index (χ2n) is 6.11. The van der Waals surface area contributed by atoms with Gasteiger partial charge >= 0.3 is 0 Å². The Hall–Kier alpha value is -1.11. The summed E-state index contributed by atoms with van der Waals surface area (Å²) in [5.41, 5.74) is 0.919. The molecule has 2 aromatic rings. The van der Waals surface area contributed by atoms with Crippen molar-refractivity contribution in [1.29, 1.82) is 0 Å². The van der Waals surface area contributed by atoms with E-state index in [1.54, 1.807) is 6.07 Å². The number of carbonyl (C=O) groups excluding carboxylic acids is 1. The van der Waals surface area contributed by atoms with Gasteiger partial charge in [-0.2, -0.15) is 0 Å². The number of hydrogen-bond acceptors (Lipinski definition) is 4. The zero-order valence-corrected chi connectivity index (χ0v) is 16.3. The van der Waals surface area contributed by atoms with Crippen molar-refractivity contribution in [3.63, 3.8) is 0 Å². The summed E-state index contributed by atoms with van der Waals surface area (Å²) in [5, 5.41) is 4.24. The molecule has 1 aliphatic heterocycles. The van der Waals surface area contributed by atoms with Gasteiger partial charge in [0.2, 0.25) is 0 Å². The van der Waals surface area contributed by atoms with E-state index in [2.05, 4.69) is 10.2 Å². The van der Waals surface area contributed by atoms with Crippen molar-refractivity contribution in [2.45, 2.75) is 13.0 Å². The fraction of sp³-hybridized carbons (Fsp3) is 0.389. The minimum absolute atomic E-state index is 0.0508. The largest absolute Gasteiger partial charge is 0.379 e. The lowest BCUT2D eigenvalue weighted by molar-refractivity contribution is 0.0342. The zero-order chi connectivity index (χ0) is 17.8. The highest BCUT2D eigenvalue weighted by Gasteiger charge is 2.17. The van der Waals surface area contributed by atoms with Crippen molar-refractivity contribution in [2.24, 2.45) is 0 Å². The Labute approximate surface area is 161 Å². The lowest BCUT2D eigenvalue weighted by Gasteiger charge is -2.29. The standard InChI is InChI=1S/C18H20Cl2N2O2S/c1-12(11-22-4-6-24-7-5-22)21-18(23)17-3-2-16(25-17)13-8-14(19)10-15(20)9-13/h2-3,8-10,12H,4-7,11H2,1H3,(H,21,23). The maximum Gasteiger partial charge on any atom is 0.261 e. The van der Waals surface area contributed by atoms with Crippen LogP contribution in [-0.2, 0) is 4.74 Å². The van der Waals surface area contributed by atoms with E-state index in [9.17, 15) is 4.79 Å². The second-order valence-corrected chi connectivity index (χ2v) is 8.07. The highest BCUT2D eigenvalue weighted by Crippen LogP contribution is 2.32. The second kappa shape index (κ2) is 8.52. The van der Waals surface area contributed by atoms with Crippen LogP contribution in [0.2, 0.25) is 10.0 Å². The molecule has 7 heteroatoms. The lowest BCUT2D eigenvalue weighted by Crippen LogP contribution is -2.45. The Kier molecular flexibility index (Phi) is 6.36. The number of halogens is 2. The molecular formula is C18H20Cl2N2O2S. The molecule has 4 nitrogen and oxygen atoms in total. The number of morpholine rings is 1. The fourth-order valence-corrected chi connectivity index (χ4v) is 4.25. The van der Waals surface area contributed by atoms with Crippen molar-refractivity contribution in [1.82, 2.24) is 10.2 Å². The third-order valence-corrected chi connectivity index (χ3v) is 5.56. The number of thiophene rings is 1. The SMILES string of the molecule is CC(CN1CCOCC1)NC(=O)c1ccc(-c2cc(Cl)cc(Cl)c2)s1. The number of nitrogens with one attached hydrogen (secondary N) is 1. The first-order valence-electron chi connectivity index (χ1n) is 8.18. The molecule has 2 heterocycles. The zero-order valence-electron chi connectivity index (χ0n) is 13.9. The molecule has 25 heavy (non-hydrogen) atoms. The molecule has 1 aliphatic rings. The highest BCUT2D eigenvalue weighted by atomic mass is 35.5. The lowest BCUT2D eigenvalue weighted by atomic mass is 10.2. The Morgan fingerprint density at radius 2 is 1.92 bits per heavy atom. The van der Waals surface area contributed by atoms with Crippen LogP contribution in [0.1, 0.15) is 16.6 Å². The van der Waals surface area contributed by atoms with E-state index in [0.717, 1.165) is 43.3 Å². The summed E-state index contributed by atoms with van der Waals surface area (Å²) in [7, 11) is 0. The molecule has 1 saturated heterocycles. The number of hydrogen-bond donors (Lipinski definition) is 1. The van der Waals surface area contributed by atoms with Crippen LogP contribution < -0.4 is 5.32 Å². The molecule has 0 saturated carbocycles. The number of carbonyl (C=O) groups is 1. The van der Waals surface area contributed by atoms with E-state index in [0.29, 0.717) is 14.9 Å². The first-order chi connectivity index (χ1) is 12.0. The van der Waals surface area contributed by atoms with Gasteiger partial charge in [-0.1, -0.05) is 23.2 Å². The quantitative estimate of drug-likeness (QED) is 0.821. The first kappa shape index (κ1) is 18.7. The molecule has 1 fully saturated rings. The molecule has 0 radical (unpaired) electrons. The Morgan fingerprint density at radius 3 is 2.60 bits per heavy atom. The Balaban J connectivity index is 1.62. The normalized spacial score (nSPS) is 16.6. The maximum atomic E-state index is 12.5. The Bertz CT molecular complexity index is 724. The average Bonchev–Trinajstić information content (AvgIpc) is 3.05. The van der Waals surface area contributed by atoms with Crippen molar-refractivity contribution >= 4 is 40.4 Å². The molecule has 0 spiro atoms. The minimum Gasteiger partial charge on any atom is -0.379 e. The van der Waals surface area contributed by atoms with E-state index in [1.807, 2.05) is 31.2 Å². The molecular weight excluding hydrogens is 379 g/mol. The molecule has 0 bridgehead atoms. The van der Waals surface area contributed by atoms with Gasteiger partial charge in [0, 0.05) is 40.6 Å². The van der Waals surface area contributed by atoms with Gasteiger partial charge in [-0.25, -0.2) is 0 Å². The van der Waals surface area contributed by atoms with Crippen LogP contribution in [-0.4, -0.2) is 49.7 Å². The third kappa shape index (κ3) is 5.19. The van der Waals surface area contributed by atoms with E-state index >= 15 is 0 Å². The fourth-order valence-electron chi connectivity index (χ4n) is 2.82. The summed E-state index contributed by atoms with van der Waals surface area (Å²) in [6.07, 6.45) is 0. The minimum atomic E-state index is -0.0508. The molecule has 134 valence electrons. The number of benzene rings is 1. The van der Waals surface area contributed by atoms with Gasteiger partial charge in [-0.3, -0.25) is 9.69 Å². The monoisotopic (exact) mass is 398 g/mol. The van der Waals surface area contributed by atoms with E-state index in [1.165, 1.54) is 11.3 Å². The van der Waals surface area contributed by atoms with Gasteiger partial charge in [-0.05, 0) is 42.8 Å². The number of ether oxygens (including phenoxy) is 1. The van der Waals surface area contributed by atoms with Crippen LogP contribution in [0.3, 0.4) is 0 Å². The van der Waals surface area contributed by atoms with Crippen molar-refractivity contribution in [3.05, 3.63) is 45.3 Å². The number of amides is 1. The topological polar surface area (TPSA) is 41.6 Å². The molecule has 1 unspecified atom stereocenters. The van der Waals surface area contributed by atoms with Crippen LogP contribution >= 0.6 is 34.5 Å². The van der Waals surface area contributed by atoms with E-state index in [4.69, 9.17) is 27.9 Å². The van der Waals surface area contributed by atoms with Gasteiger partial charge < -0.3 is 10.1 Å². The van der Waals surface area contributed by atoms with Crippen LogP contribution in [0, 0.1) is 0 Å².